The van der Waals surface area contributed by atoms with Crippen molar-refractivity contribution in [2.75, 3.05) is 6.61 Å². The highest BCUT2D eigenvalue weighted by atomic mass is 35.5. The van der Waals surface area contributed by atoms with E-state index in [9.17, 15) is 0 Å². The lowest BCUT2D eigenvalue weighted by molar-refractivity contribution is 0.334. The molecule has 1 aromatic rings. The number of terminal acetylenes is 1. The van der Waals surface area contributed by atoms with Crippen molar-refractivity contribution in [1.82, 2.24) is 0 Å². The Bertz CT molecular complexity index is 421. The van der Waals surface area contributed by atoms with Crippen LogP contribution in [0.3, 0.4) is 0 Å². The van der Waals surface area contributed by atoms with Gasteiger partial charge in [0, 0.05) is 17.0 Å². The summed E-state index contributed by atoms with van der Waals surface area (Å²) in [6, 6.07) is 3.59. The van der Waals surface area contributed by atoms with Crippen LogP contribution in [0.1, 0.15) is 38.2 Å². The molecule has 0 N–H and O–H groups in total. The lowest BCUT2D eigenvalue weighted by Gasteiger charge is -2.18. The van der Waals surface area contributed by atoms with Crippen molar-refractivity contribution in [1.29, 1.82) is 0 Å². The zero-order chi connectivity index (χ0) is 12.8. The van der Waals surface area contributed by atoms with E-state index in [1.54, 1.807) is 6.07 Å². The Hall–Kier alpha value is -0.840. The van der Waals surface area contributed by atoms with E-state index < -0.39 is 0 Å². The standard InChI is InChI=1S/C14H16Cl2O/c1-4-7-10(5-2)12-8-11(15)9-13(16)14(12)17-6-3/h1,8-10H,5-7H2,2-3H3. The third-order valence-corrected chi connectivity index (χ3v) is 3.12. The molecule has 0 saturated heterocycles. The molecule has 1 nitrogen and oxygen atoms in total. The van der Waals surface area contributed by atoms with Crippen LogP contribution in [-0.4, -0.2) is 6.61 Å². The van der Waals surface area contributed by atoms with Gasteiger partial charge >= 0.3 is 0 Å². The minimum Gasteiger partial charge on any atom is -0.492 e. The molecule has 0 aliphatic rings. The third-order valence-electron chi connectivity index (χ3n) is 2.62. The maximum atomic E-state index is 6.15. The summed E-state index contributed by atoms with van der Waals surface area (Å²) in [7, 11) is 0. The maximum Gasteiger partial charge on any atom is 0.141 e. The lowest BCUT2D eigenvalue weighted by atomic mass is 9.93. The quantitative estimate of drug-likeness (QED) is 0.691. The van der Waals surface area contributed by atoms with Gasteiger partial charge in [-0.1, -0.05) is 30.1 Å². The molecule has 1 unspecified atom stereocenters. The largest absolute Gasteiger partial charge is 0.492 e. The van der Waals surface area contributed by atoms with Gasteiger partial charge in [-0.2, -0.15) is 0 Å². The first kappa shape index (κ1) is 14.2. The zero-order valence-electron chi connectivity index (χ0n) is 10.1. The Morgan fingerprint density at radius 2 is 2.06 bits per heavy atom. The average molecular weight is 271 g/mol. The smallest absolute Gasteiger partial charge is 0.141 e. The van der Waals surface area contributed by atoms with Crippen molar-refractivity contribution in [3.05, 3.63) is 27.7 Å². The van der Waals surface area contributed by atoms with Crippen LogP contribution in [0.25, 0.3) is 0 Å². The van der Waals surface area contributed by atoms with Crippen molar-refractivity contribution in [3.63, 3.8) is 0 Å². The second-order valence-corrected chi connectivity index (χ2v) is 4.60. The van der Waals surface area contributed by atoms with Gasteiger partial charge in [0.15, 0.2) is 0 Å². The van der Waals surface area contributed by atoms with E-state index in [1.165, 1.54) is 0 Å². The summed E-state index contributed by atoms with van der Waals surface area (Å²) in [5.41, 5.74) is 1.00. The fourth-order valence-corrected chi connectivity index (χ4v) is 2.36. The van der Waals surface area contributed by atoms with Gasteiger partial charge in [0.1, 0.15) is 5.75 Å². The first-order valence-corrected chi connectivity index (χ1v) is 6.44. The highest BCUT2D eigenvalue weighted by molar-refractivity contribution is 6.35. The number of rotatable bonds is 5. The highest BCUT2D eigenvalue weighted by Crippen LogP contribution is 2.39. The number of hydrogen-bond donors (Lipinski definition) is 0. The zero-order valence-corrected chi connectivity index (χ0v) is 11.6. The maximum absolute atomic E-state index is 6.15. The van der Waals surface area contributed by atoms with E-state index in [0.29, 0.717) is 28.8 Å². The molecular weight excluding hydrogens is 255 g/mol. The number of benzene rings is 1. The lowest BCUT2D eigenvalue weighted by Crippen LogP contribution is -2.03. The summed E-state index contributed by atoms with van der Waals surface area (Å²) < 4.78 is 5.59. The highest BCUT2D eigenvalue weighted by Gasteiger charge is 2.17. The molecule has 0 fully saturated rings. The number of hydrogen-bond acceptors (Lipinski definition) is 1. The molecule has 3 heteroatoms. The monoisotopic (exact) mass is 270 g/mol. The van der Waals surface area contributed by atoms with E-state index in [-0.39, 0.29) is 5.92 Å². The Labute approximate surface area is 113 Å². The molecule has 0 spiro atoms. The summed E-state index contributed by atoms with van der Waals surface area (Å²) in [6.07, 6.45) is 6.98. The van der Waals surface area contributed by atoms with Crippen LogP contribution >= 0.6 is 23.2 Å². The van der Waals surface area contributed by atoms with Gasteiger partial charge in [0.2, 0.25) is 0 Å². The summed E-state index contributed by atoms with van der Waals surface area (Å²) in [5.74, 6) is 3.63. The normalized spacial score (nSPS) is 11.9. The second-order valence-electron chi connectivity index (χ2n) is 3.75. The van der Waals surface area contributed by atoms with Crippen LogP contribution in [-0.2, 0) is 0 Å². The number of halogens is 2. The molecule has 0 saturated carbocycles. The molecule has 0 heterocycles. The van der Waals surface area contributed by atoms with Gasteiger partial charge in [0.05, 0.1) is 11.6 Å². The van der Waals surface area contributed by atoms with Gasteiger partial charge in [-0.15, -0.1) is 12.3 Å². The molecule has 0 aliphatic heterocycles. The second kappa shape index (κ2) is 6.79. The van der Waals surface area contributed by atoms with Crippen molar-refractivity contribution in [2.45, 2.75) is 32.6 Å². The Morgan fingerprint density at radius 3 is 2.59 bits per heavy atom. The molecule has 0 bridgehead atoms. The van der Waals surface area contributed by atoms with Crippen LogP contribution in [0.4, 0.5) is 0 Å². The molecule has 1 atom stereocenters. The summed E-state index contributed by atoms with van der Waals surface area (Å²) in [5, 5.41) is 1.16. The van der Waals surface area contributed by atoms with Crippen LogP contribution < -0.4 is 4.74 Å². The van der Waals surface area contributed by atoms with E-state index in [2.05, 4.69) is 12.8 Å². The summed E-state index contributed by atoms with van der Waals surface area (Å²) in [6.45, 7) is 4.59. The summed E-state index contributed by atoms with van der Waals surface area (Å²) >= 11 is 12.2. The van der Waals surface area contributed by atoms with Gasteiger partial charge in [-0.05, 0) is 31.4 Å². The fraction of sp³-hybridized carbons (Fsp3) is 0.429. The van der Waals surface area contributed by atoms with Crippen molar-refractivity contribution in [2.24, 2.45) is 0 Å². The minimum absolute atomic E-state index is 0.234. The predicted octanol–water partition coefficient (Wildman–Crippen LogP) is 4.91. The van der Waals surface area contributed by atoms with Gasteiger partial charge < -0.3 is 4.74 Å². The number of ether oxygens (including phenoxy) is 1. The van der Waals surface area contributed by atoms with Gasteiger partial charge in [-0.25, -0.2) is 0 Å². The van der Waals surface area contributed by atoms with Crippen LogP contribution in [0.5, 0.6) is 5.75 Å². The van der Waals surface area contributed by atoms with E-state index in [4.69, 9.17) is 34.4 Å². The SMILES string of the molecule is C#CCC(CC)c1cc(Cl)cc(Cl)c1OCC. The first-order valence-electron chi connectivity index (χ1n) is 5.69. The van der Waals surface area contributed by atoms with Gasteiger partial charge in [0.25, 0.3) is 0 Å². The van der Waals surface area contributed by atoms with E-state index in [1.807, 2.05) is 13.0 Å². The molecular formula is C14H16Cl2O. The molecule has 92 valence electrons. The van der Waals surface area contributed by atoms with Crippen LogP contribution in [0.2, 0.25) is 10.0 Å². The predicted molar refractivity (Wildman–Crippen MR) is 74.1 cm³/mol. The van der Waals surface area contributed by atoms with Crippen LogP contribution in [0, 0.1) is 12.3 Å². The molecule has 0 aromatic heterocycles. The average Bonchev–Trinajstić information content (AvgIpc) is 2.29. The molecule has 0 aliphatic carbocycles. The van der Waals surface area contributed by atoms with Crippen molar-refractivity contribution >= 4 is 23.2 Å². The Morgan fingerprint density at radius 1 is 1.35 bits per heavy atom. The molecule has 0 radical (unpaired) electrons. The van der Waals surface area contributed by atoms with Crippen LogP contribution in [0.15, 0.2) is 12.1 Å². The Kier molecular flexibility index (Phi) is 5.68. The molecule has 0 amide bonds. The molecule has 17 heavy (non-hydrogen) atoms. The minimum atomic E-state index is 0.234. The van der Waals surface area contributed by atoms with Crippen molar-refractivity contribution < 1.29 is 4.74 Å². The first-order chi connectivity index (χ1) is 8.13. The topological polar surface area (TPSA) is 9.23 Å². The van der Waals surface area contributed by atoms with E-state index in [0.717, 1.165) is 12.0 Å². The summed E-state index contributed by atoms with van der Waals surface area (Å²) in [4.78, 5) is 0. The molecule has 1 rings (SSSR count). The van der Waals surface area contributed by atoms with E-state index >= 15 is 0 Å². The Balaban J connectivity index is 3.23. The third kappa shape index (κ3) is 3.56. The fourth-order valence-electron chi connectivity index (χ4n) is 1.80. The molecule has 1 aromatic carbocycles. The van der Waals surface area contributed by atoms with Crippen molar-refractivity contribution in [3.8, 4) is 18.1 Å². The van der Waals surface area contributed by atoms with Gasteiger partial charge in [-0.3, -0.25) is 0 Å².